The summed E-state index contributed by atoms with van der Waals surface area (Å²) in [6.45, 7) is 6.81. The van der Waals surface area contributed by atoms with Gasteiger partial charge in [-0.05, 0) is 23.1 Å². The highest BCUT2D eigenvalue weighted by molar-refractivity contribution is 7.98. The monoisotopic (exact) mass is 277 g/mol. The van der Waals surface area contributed by atoms with Crippen molar-refractivity contribution in [3.63, 3.8) is 0 Å². The van der Waals surface area contributed by atoms with E-state index in [2.05, 4.69) is 45.0 Å². The SMILES string of the molecule is CC(C)(C)c1ccc([S+]2C3CCC2CC(O)C3)cc1. The Bertz CT molecular complexity index is 431. The Morgan fingerprint density at radius 2 is 1.53 bits per heavy atom. The minimum absolute atomic E-state index is 0.0323. The van der Waals surface area contributed by atoms with E-state index in [0.717, 1.165) is 23.3 Å². The van der Waals surface area contributed by atoms with Crippen LogP contribution in [0, 0.1) is 0 Å². The molecule has 1 aromatic rings. The molecule has 0 spiro atoms. The molecule has 0 saturated carbocycles. The smallest absolute Gasteiger partial charge is 0.155 e. The molecule has 0 aliphatic carbocycles. The van der Waals surface area contributed by atoms with Gasteiger partial charge < -0.3 is 5.11 Å². The van der Waals surface area contributed by atoms with E-state index in [4.69, 9.17) is 0 Å². The van der Waals surface area contributed by atoms with Crippen molar-refractivity contribution in [2.75, 3.05) is 0 Å². The molecule has 2 heteroatoms. The summed E-state index contributed by atoms with van der Waals surface area (Å²) in [6.07, 6.45) is 4.68. The normalized spacial score (nSPS) is 34.5. The number of fused-ring (bicyclic) bond motifs is 2. The Kier molecular flexibility index (Phi) is 3.43. The Morgan fingerprint density at radius 1 is 1.00 bits per heavy atom. The van der Waals surface area contributed by atoms with E-state index in [1.807, 2.05) is 0 Å². The van der Waals surface area contributed by atoms with Gasteiger partial charge in [-0.25, -0.2) is 0 Å². The zero-order valence-electron chi connectivity index (χ0n) is 12.2. The van der Waals surface area contributed by atoms with Crippen molar-refractivity contribution in [2.24, 2.45) is 0 Å². The van der Waals surface area contributed by atoms with Gasteiger partial charge in [-0.1, -0.05) is 32.9 Å². The third-order valence-electron chi connectivity index (χ3n) is 4.59. The maximum Gasteiger partial charge on any atom is 0.155 e. The van der Waals surface area contributed by atoms with Crippen molar-refractivity contribution in [1.82, 2.24) is 0 Å². The molecule has 2 heterocycles. The first-order chi connectivity index (χ1) is 8.95. The summed E-state index contributed by atoms with van der Waals surface area (Å²) in [7, 11) is 0.398. The lowest BCUT2D eigenvalue weighted by Gasteiger charge is -2.26. The minimum atomic E-state index is -0.0323. The number of benzene rings is 1. The maximum absolute atomic E-state index is 9.91. The van der Waals surface area contributed by atoms with E-state index >= 15 is 0 Å². The van der Waals surface area contributed by atoms with Gasteiger partial charge in [0.05, 0.1) is 6.10 Å². The molecule has 2 bridgehead atoms. The summed E-state index contributed by atoms with van der Waals surface area (Å²) in [5.74, 6) is 0. The van der Waals surface area contributed by atoms with Crippen molar-refractivity contribution >= 4 is 10.9 Å². The van der Waals surface area contributed by atoms with Crippen molar-refractivity contribution in [3.05, 3.63) is 29.8 Å². The van der Waals surface area contributed by atoms with E-state index in [1.165, 1.54) is 23.3 Å². The molecular formula is C17H25OS+. The number of aliphatic hydroxyl groups excluding tert-OH is 1. The van der Waals surface area contributed by atoms with Gasteiger partial charge in [0.15, 0.2) is 4.90 Å². The third-order valence-corrected chi connectivity index (χ3v) is 7.70. The van der Waals surface area contributed by atoms with E-state index in [1.54, 1.807) is 0 Å². The van der Waals surface area contributed by atoms with Crippen LogP contribution in [0.1, 0.15) is 52.0 Å². The Labute approximate surface area is 119 Å². The van der Waals surface area contributed by atoms with E-state index in [9.17, 15) is 5.11 Å². The predicted octanol–water partition coefficient (Wildman–Crippen LogP) is 3.65. The van der Waals surface area contributed by atoms with Gasteiger partial charge in [-0.15, -0.1) is 0 Å². The first-order valence-corrected chi connectivity index (χ1v) is 8.81. The molecule has 0 aromatic heterocycles. The van der Waals surface area contributed by atoms with Gasteiger partial charge in [-0.3, -0.25) is 0 Å². The van der Waals surface area contributed by atoms with Gasteiger partial charge in [0.1, 0.15) is 10.5 Å². The second-order valence-electron chi connectivity index (χ2n) is 7.09. The van der Waals surface area contributed by atoms with E-state index < -0.39 is 0 Å². The van der Waals surface area contributed by atoms with Crippen LogP contribution >= 0.6 is 0 Å². The van der Waals surface area contributed by atoms with Crippen LogP contribution in [0.2, 0.25) is 0 Å². The highest BCUT2D eigenvalue weighted by atomic mass is 32.2. The fourth-order valence-corrected chi connectivity index (χ4v) is 6.94. The van der Waals surface area contributed by atoms with Gasteiger partial charge in [0, 0.05) is 36.6 Å². The zero-order chi connectivity index (χ0) is 13.6. The molecule has 2 aliphatic rings. The molecule has 2 aliphatic heterocycles. The highest BCUT2D eigenvalue weighted by Crippen LogP contribution is 2.44. The summed E-state index contributed by atoms with van der Waals surface area (Å²) < 4.78 is 0. The Balaban J connectivity index is 1.84. The van der Waals surface area contributed by atoms with Crippen LogP contribution in [-0.4, -0.2) is 21.7 Å². The van der Waals surface area contributed by atoms with Crippen molar-refractivity contribution < 1.29 is 5.11 Å². The van der Waals surface area contributed by atoms with Gasteiger partial charge >= 0.3 is 0 Å². The van der Waals surface area contributed by atoms with Gasteiger partial charge in [0.25, 0.3) is 0 Å². The minimum Gasteiger partial charge on any atom is -0.393 e. The van der Waals surface area contributed by atoms with Crippen LogP contribution in [-0.2, 0) is 16.3 Å². The van der Waals surface area contributed by atoms with Gasteiger partial charge in [0.2, 0.25) is 0 Å². The van der Waals surface area contributed by atoms with Crippen LogP contribution < -0.4 is 0 Å². The first kappa shape index (κ1) is 13.5. The maximum atomic E-state index is 9.91. The summed E-state index contributed by atoms with van der Waals surface area (Å²) >= 11 is 0. The topological polar surface area (TPSA) is 20.2 Å². The number of hydrogen-bond donors (Lipinski definition) is 1. The molecule has 2 fully saturated rings. The molecular weight excluding hydrogens is 252 g/mol. The summed E-state index contributed by atoms with van der Waals surface area (Å²) in [5.41, 5.74) is 1.66. The van der Waals surface area contributed by atoms with Gasteiger partial charge in [-0.2, -0.15) is 0 Å². The summed E-state index contributed by atoms with van der Waals surface area (Å²) in [5, 5.41) is 11.4. The lowest BCUT2D eigenvalue weighted by atomic mass is 9.87. The zero-order valence-corrected chi connectivity index (χ0v) is 13.0. The van der Waals surface area contributed by atoms with Crippen LogP contribution in [0.5, 0.6) is 0 Å². The van der Waals surface area contributed by atoms with Crippen LogP contribution in [0.25, 0.3) is 0 Å². The number of rotatable bonds is 1. The second kappa shape index (κ2) is 4.82. The largest absolute Gasteiger partial charge is 0.393 e. The highest BCUT2D eigenvalue weighted by Gasteiger charge is 2.51. The standard InChI is InChI=1S/C17H25OS/c1-17(2,3)12-4-6-14(7-5-12)19-15-8-9-16(19)11-13(18)10-15/h4-7,13,15-16,18H,8-11H2,1-3H3/q+1. The second-order valence-corrected chi connectivity index (χ2v) is 9.64. The quantitative estimate of drug-likeness (QED) is 0.777. The van der Waals surface area contributed by atoms with Crippen molar-refractivity contribution in [2.45, 2.75) is 73.4 Å². The molecule has 1 aromatic carbocycles. The molecule has 2 unspecified atom stereocenters. The molecule has 0 radical (unpaired) electrons. The number of hydrogen-bond acceptors (Lipinski definition) is 1. The van der Waals surface area contributed by atoms with E-state index in [-0.39, 0.29) is 11.5 Å². The first-order valence-electron chi connectivity index (χ1n) is 7.45. The molecule has 3 rings (SSSR count). The van der Waals surface area contributed by atoms with Crippen LogP contribution in [0.3, 0.4) is 0 Å². The summed E-state index contributed by atoms with van der Waals surface area (Å²) in [4.78, 5) is 1.53. The molecule has 0 amide bonds. The Morgan fingerprint density at radius 3 is 2.00 bits per heavy atom. The van der Waals surface area contributed by atoms with E-state index in [0.29, 0.717) is 10.9 Å². The lowest BCUT2D eigenvalue weighted by molar-refractivity contribution is 0.155. The van der Waals surface area contributed by atoms with Crippen LogP contribution in [0.4, 0.5) is 0 Å². The fourth-order valence-electron chi connectivity index (χ4n) is 3.54. The molecule has 1 nitrogen and oxygen atoms in total. The Hall–Kier alpha value is -0.470. The fraction of sp³-hybridized carbons (Fsp3) is 0.647. The van der Waals surface area contributed by atoms with Crippen molar-refractivity contribution in [1.29, 1.82) is 0 Å². The average molecular weight is 277 g/mol. The molecule has 2 atom stereocenters. The molecule has 104 valence electrons. The molecule has 2 saturated heterocycles. The average Bonchev–Trinajstić information content (AvgIpc) is 2.61. The predicted molar refractivity (Wildman–Crippen MR) is 82.8 cm³/mol. The van der Waals surface area contributed by atoms with Crippen LogP contribution in [0.15, 0.2) is 29.2 Å². The lowest BCUT2D eigenvalue weighted by Crippen LogP contribution is -2.35. The van der Waals surface area contributed by atoms with Crippen molar-refractivity contribution in [3.8, 4) is 0 Å². The molecule has 19 heavy (non-hydrogen) atoms. The summed E-state index contributed by atoms with van der Waals surface area (Å²) in [6, 6.07) is 9.33. The third kappa shape index (κ3) is 2.57. The molecule has 1 N–H and O–H groups in total. The number of aliphatic hydroxyl groups is 1.